The summed E-state index contributed by atoms with van der Waals surface area (Å²) in [6, 6.07) is 0. The molecule has 0 rings (SSSR count). The molecule has 0 aromatic carbocycles. The molecule has 0 aliphatic rings. The van der Waals surface area contributed by atoms with Crippen LogP contribution in [0, 0.1) is 10.8 Å². The summed E-state index contributed by atoms with van der Waals surface area (Å²) in [6.07, 6.45) is 1.85. The summed E-state index contributed by atoms with van der Waals surface area (Å²) >= 11 is 0. The molecular formula is C11H22O. The smallest absolute Gasteiger partial charge is 0.144 e. The van der Waals surface area contributed by atoms with Crippen molar-refractivity contribution < 1.29 is 4.79 Å². The molecule has 0 aromatic rings. The Hall–Kier alpha value is -0.330. The van der Waals surface area contributed by atoms with Crippen LogP contribution in [-0.4, -0.2) is 5.78 Å². The van der Waals surface area contributed by atoms with Crippen LogP contribution in [0.5, 0.6) is 0 Å². The number of ketones is 1. The second-order valence-corrected chi connectivity index (χ2v) is 4.80. The SMILES string of the molecule is CCC(C)(C)C(=O)C(C)(C)CC. The van der Waals surface area contributed by atoms with E-state index in [1.807, 2.05) is 27.7 Å². The maximum absolute atomic E-state index is 11.9. The Balaban J connectivity index is 4.60. The molecule has 12 heavy (non-hydrogen) atoms. The average molecular weight is 170 g/mol. The summed E-state index contributed by atoms with van der Waals surface area (Å²) in [4.78, 5) is 11.9. The summed E-state index contributed by atoms with van der Waals surface area (Å²) in [7, 11) is 0. The van der Waals surface area contributed by atoms with Gasteiger partial charge in [-0.15, -0.1) is 0 Å². The fourth-order valence-corrected chi connectivity index (χ4v) is 1.24. The van der Waals surface area contributed by atoms with Crippen molar-refractivity contribution in [3.63, 3.8) is 0 Å². The molecule has 1 heteroatoms. The van der Waals surface area contributed by atoms with E-state index in [0.29, 0.717) is 5.78 Å². The van der Waals surface area contributed by atoms with E-state index >= 15 is 0 Å². The van der Waals surface area contributed by atoms with E-state index in [1.54, 1.807) is 0 Å². The summed E-state index contributed by atoms with van der Waals surface area (Å²) < 4.78 is 0. The summed E-state index contributed by atoms with van der Waals surface area (Å²) in [5, 5.41) is 0. The van der Waals surface area contributed by atoms with E-state index in [-0.39, 0.29) is 10.8 Å². The Morgan fingerprint density at radius 3 is 1.33 bits per heavy atom. The quantitative estimate of drug-likeness (QED) is 0.631. The number of hydrogen-bond acceptors (Lipinski definition) is 1. The lowest BCUT2D eigenvalue weighted by molar-refractivity contribution is -0.136. The molecule has 0 bridgehead atoms. The largest absolute Gasteiger partial charge is 0.299 e. The highest BCUT2D eigenvalue weighted by Crippen LogP contribution is 2.33. The Bertz CT molecular complexity index is 148. The van der Waals surface area contributed by atoms with Crippen molar-refractivity contribution in [2.24, 2.45) is 10.8 Å². The molecular weight excluding hydrogens is 148 g/mol. The third-order valence-electron chi connectivity index (χ3n) is 3.00. The molecule has 0 aliphatic carbocycles. The van der Waals surface area contributed by atoms with Gasteiger partial charge in [-0.1, -0.05) is 41.5 Å². The van der Waals surface area contributed by atoms with Crippen LogP contribution >= 0.6 is 0 Å². The van der Waals surface area contributed by atoms with Gasteiger partial charge in [-0.05, 0) is 12.8 Å². The van der Waals surface area contributed by atoms with Gasteiger partial charge in [0.15, 0.2) is 0 Å². The molecule has 0 fully saturated rings. The van der Waals surface area contributed by atoms with Gasteiger partial charge in [0.05, 0.1) is 0 Å². The second-order valence-electron chi connectivity index (χ2n) is 4.80. The molecule has 0 radical (unpaired) electrons. The van der Waals surface area contributed by atoms with Crippen molar-refractivity contribution in [1.82, 2.24) is 0 Å². The Labute approximate surface area is 76.6 Å². The summed E-state index contributed by atoms with van der Waals surface area (Å²) in [6.45, 7) is 12.3. The van der Waals surface area contributed by atoms with E-state index < -0.39 is 0 Å². The van der Waals surface area contributed by atoms with Crippen LogP contribution < -0.4 is 0 Å². The Morgan fingerprint density at radius 2 is 1.17 bits per heavy atom. The molecule has 0 heterocycles. The fourth-order valence-electron chi connectivity index (χ4n) is 1.24. The first-order valence-corrected chi connectivity index (χ1v) is 4.83. The molecule has 72 valence electrons. The minimum atomic E-state index is -0.153. The summed E-state index contributed by atoms with van der Waals surface area (Å²) in [5.41, 5.74) is -0.307. The molecule has 0 atom stereocenters. The first-order chi connectivity index (χ1) is 5.28. The van der Waals surface area contributed by atoms with Gasteiger partial charge in [-0.3, -0.25) is 4.79 Å². The van der Waals surface area contributed by atoms with Gasteiger partial charge < -0.3 is 0 Å². The second kappa shape index (κ2) is 3.59. The monoisotopic (exact) mass is 170 g/mol. The zero-order valence-electron chi connectivity index (χ0n) is 9.32. The highest BCUT2D eigenvalue weighted by molar-refractivity contribution is 5.88. The predicted molar refractivity (Wildman–Crippen MR) is 53.2 cm³/mol. The molecule has 0 aliphatic heterocycles. The minimum Gasteiger partial charge on any atom is -0.299 e. The number of hydrogen-bond donors (Lipinski definition) is 0. The highest BCUT2D eigenvalue weighted by Gasteiger charge is 2.36. The van der Waals surface area contributed by atoms with Gasteiger partial charge in [0.2, 0.25) is 0 Å². The van der Waals surface area contributed by atoms with Crippen molar-refractivity contribution in [2.45, 2.75) is 54.4 Å². The minimum absolute atomic E-state index is 0.153. The fraction of sp³-hybridized carbons (Fsp3) is 0.909. The Morgan fingerprint density at radius 1 is 0.917 bits per heavy atom. The molecule has 0 unspecified atom stereocenters. The molecule has 1 nitrogen and oxygen atoms in total. The number of rotatable bonds is 4. The van der Waals surface area contributed by atoms with Gasteiger partial charge >= 0.3 is 0 Å². The van der Waals surface area contributed by atoms with E-state index in [1.165, 1.54) is 0 Å². The van der Waals surface area contributed by atoms with E-state index in [9.17, 15) is 4.79 Å². The first-order valence-electron chi connectivity index (χ1n) is 4.83. The van der Waals surface area contributed by atoms with Gasteiger partial charge in [-0.2, -0.15) is 0 Å². The van der Waals surface area contributed by atoms with Gasteiger partial charge in [0, 0.05) is 10.8 Å². The lowest BCUT2D eigenvalue weighted by Crippen LogP contribution is -2.35. The highest BCUT2D eigenvalue weighted by atomic mass is 16.1. The van der Waals surface area contributed by atoms with Crippen molar-refractivity contribution >= 4 is 5.78 Å². The van der Waals surface area contributed by atoms with Crippen LogP contribution in [0.1, 0.15) is 54.4 Å². The molecule has 0 saturated heterocycles. The molecule has 0 N–H and O–H groups in total. The zero-order valence-corrected chi connectivity index (χ0v) is 9.32. The average Bonchev–Trinajstić information content (AvgIpc) is 2.03. The van der Waals surface area contributed by atoms with Crippen LogP contribution in [0.3, 0.4) is 0 Å². The van der Waals surface area contributed by atoms with E-state index in [4.69, 9.17) is 0 Å². The molecule has 0 amide bonds. The normalized spacial score (nSPS) is 13.2. The lowest BCUT2D eigenvalue weighted by atomic mass is 9.71. The van der Waals surface area contributed by atoms with E-state index in [2.05, 4.69) is 13.8 Å². The third-order valence-corrected chi connectivity index (χ3v) is 3.00. The number of carbonyl (C=O) groups excluding carboxylic acids is 1. The van der Waals surface area contributed by atoms with Gasteiger partial charge in [-0.25, -0.2) is 0 Å². The summed E-state index contributed by atoms with van der Waals surface area (Å²) in [5.74, 6) is 0.389. The van der Waals surface area contributed by atoms with E-state index in [0.717, 1.165) is 12.8 Å². The standard InChI is InChI=1S/C11H22O/c1-7-10(3,4)9(12)11(5,6)8-2/h7-8H2,1-6H3. The molecule has 0 spiro atoms. The topological polar surface area (TPSA) is 17.1 Å². The van der Waals surface area contributed by atoms with Crippen LogP contribution in [-0.2, 0) is 4.79 Å². The lowest BCUT2D eigenvalue weighted by Gasteiger charge is -2.31. The van der Waals surface area contributed by atoms with Crippen molar-refractivity contribution in [3.05, 3.63) is 0 Å². The molecule has 0 aromatic heterocycles. The van der Waals surface area contributed by atoms with Crippen LogP contribution in [0.25, 0.3) is 0 Å². The van der Waals surface area contributed by atoms with Gasteiger partial charge in [0.25, 0.3) is 0 Å². The first kappa shape index (κ1) is 11.7. The van der Waals surface area contributed by atoms with Crippen molar-refractivity contribution in [3.8, 4) is 0 Å². The maximum atomic E-state index is 11.9. The van der Waals surface area contributed by atoms with Crippen molar-refractivity contribution in [1.29, 1.82) is 0 Å². The maximum Gasteiger partial charge on any atom is 0.144 e. The molecule has 0 saturated carbocycles. The van der Waals surface area contributed by atoms with Crippen molar-refractivity contribution in [2.75, 3.05) is 0 Å². The third kappa shape index (κ3) is 2.33. The number of Topliss-reactive ketones (excluding diaryl/α,β-unsaturated/α-hetero) is 1. The van der Waals surface area contributed by atoms with Crippen LogP contribution in [0.2, 0.25) is 0 Å². The zero-order chi connectivity index (χ0) is 9.99. The van der Waals surface area contributed by atoms with Gasteiger partial charge in [0.1, 0.15) is 5.78 Å². The van der Waals surface area contributed by atoms with Crippen LogP contribution in [0.15, 0.2) is 0 Å². The number of carbonyl (C=O) groups is 1. The Kier molecular flexibility index (Phi) is 3.49. The predicted octanol–water partition coefficient (Wildman–Crippen LogP) is 3.43. The van der Waals surface area contributed by atoms with Crippen LogP contribution in [0.4, 0.5) is 0 Å².